The molecule has 10 heteroatoms. The van der Waals surface area contributed by atoms with E-state index in [4.69, 9.17) is 0 Å². The van der Waals surface area contributed by atoms with Gasteiger partial charge in [-0.1, -0.05) is 30.3 Å². The van der Waals surface area contributed by atoms with Gasteiger partial charge < -0.3 is 4.98 Å². The predicted molar refractivity (Wildman–Crippen MR) is 114 cm³/mol. The van der Waals surface area contributed by atoms with Crippen molar-refractivity contribution in [3.8, 4) is 0 Å². The fraction of sp³-hybridized carbons (Fsp3) is 0.318. The molecule has 3 aromatic rings. The number of fused-ring (bicyclic) bond motifs is 1. The second-order valence-electron chi connectivity index (χ2n) is 7.77. The molecule has 2 aromatic carbocycles. The van der Waals surface area contributed by atoms with Crippen LogP contribution in [0.2, 0.25) is 0 Å². The molecule has 0 radical (unpaired) electrons. The monoisotopic (exact) mass is 465 g/mol. The Labute approximate surface area is 183 Å². The normalized spacial score (nSPS) is 16.5. The zero-order valence-electron chi connectivity index (χ0n) is 17.3. The van der Waals surface area contributed by atoms with Crippen molar-refractivity contribution in [2.75, 3.05) is 32.7 Å². The van der Waals surface area contributed by atoms with Crippen LogP contribution in [0.15, 0.2) is 53.4 Å². The molecular weight excluding hydrogens is 443 g/mol. The van der Waals surface area contributed by atoms with E-state index in [-0.39, 0.29) is 38.5 Å². The van der Waals surface area contributed by atoms with E-state index in [1.807, 2.05) is 36.1 Å². The van der Waals surface area contributed by atoms with E-state index >= 15 is 0 Å². The molecule has 4 rings (SSSR count). The molecular formula is C22H22F3N3O3S. The number of hydrogen-bond donors (Lipinski definition) is 1. The molecule has 0 bridgehead atoms. The summed E-state index contributed by atoms with van der Waals surface area (Å²) in [5.74, 6) is -0.0846. The molecule has 0 saturated carbocycles. The van der Waals surface area contributed by atoms with Gasteiger partial charge in [0.1, 0.15) is 0 Å². The maximum atomic E-state index is 13.3. The predicted octanol–water partition coefficient (Wildman–Crippen LogP) is 3.68. The minimum atomic E-state index is -4.77. The van der Waals surface area contributed by atoms with Crippen molar-refractivity contribution in [3.63, 3.8) is 0 Å². The zero-order chi connectivity index (χ0) is 23.1. The van der Waals surface area contributed by atoms with Gasteiger partial charge in [-0.25, -0.2) is 8.42 Å². The second kappa shape index (κ2) is 8.34. The number of aromatic amines is 1. The Bertz CT molecular complexity index is 1260. The summed E-state index contributed by atoms with van der Waals surface area (Å²) in [7, 11) is -4.31. The average molecular weight is 465 g/mol. The summed E-state index contributed by atoms with van der Waals surface area (Å²) in [4.78, 5) is 17.2. The Kier molecular flexibility index (Phi) is 5.87. The number of aryl methyl sites for hydroxylation is 1. The van der Waals surface area contributed by atoms with Gasteiger partial charge in [-0.05, 0) is 25.1 Å². The molecule has 1 fully saturated rings. The van der Waals surface area contributed by atoms with Gasteiger partial charge in [0.15, 0.2) is 5.78 Å². The molecule has 1 aliphatic heterocycles. The lowest BCUT2D eigenvalue weighted by molar-refractivity contribution is -0.139. The number of rotatable bonds is 5. The Balaban J connectivity index is 1.47. The van der Waals surface area contributed by atoms with Gasteiger partial charge in [-0.3, -0.25) is 9.69 Å². The van der Waals surface area contributed by atoms with Crippen molar-refractivity contribution in [3.05, 3.63) is 65.4 Å². The van der Waals surface area contributed by atoms with Gasteiger partial charge in [0, 0.05) is 48.3 Å². The Hall–Kier alpha value is -2.69. The van der Waals surface area contributed by atoms with Gasteiger partial charge in [0.2, 0.25) is 10.0 Å². The fourth-order valence-electron chi connectivity index (χ4n) is 4.11. The summed E-state index contributed by atoms with van der Waals surface area (Å²) in [6.45, 7) is 2.45. The first-order valence-corrected chi connectivity index (χ1v) is 11.5. The van der Waals surface area contributed by atoms with Crippen molar-refractivity contribution in [1.82, 2.24) is 14.2 Å². The molecule has 0 spiro atoms. The van der Waals surface area contributed by atoms with E-state index in [1.54, 1.807) is 0 Å². The number of aromatic nitrogens is 1. The van der Waals surface area contributed by atoms with Gasteiger partial charge in [-0.2, -0.15) is 17.5 Å². The fourth-order valence-corrected chi connectivity index (χ4v) is 5.75. The highest BCUT2D eigenvalue weighted by molar-refractivity contribution is 7.89. The first-order chi connectivity index (χ1) is 15.1. The van der Waals surface area contributed by atoms with Crippen LogP contribution in [0.4, 0.5) is 13.2 Å². The van der Waals surface area contributed by atoms with Crippen molar-refractivity contribution in [1.29, 1.82) is 0 Å². The van der Waals surface area contributed by atoms with E-state index < -0.39 is 26.7 Å². The lowest BCUT2D eigenvalue weighted by atomic mass is 10.1. The third-order valence-corrected chi connectivity index (χ3v) is 7.64. The molecule has 6 nitrogen and oxygen atoms in total. The first-order valence-electron chi connectivity index (χ1n) is 10.1. The number of nitrogens with one attached hydrogen (secondary N) is 1. The minimum Gasteiger partial charge on any atom is -0.358 e. The number of alkyl halides is 3. The van der Waals surface area contributed by atoms with Crippen LogP contribution in [0.3, 0.4) is 0 Å². The van der Waals surface area contributed by atoms with Crippen LogP contribution in [-0.4, -0.2) is 61.1 Å². The number of benzene rings is 2. The molecule has 0 aliphatic carbocycles. The molecule has 1 saturated heterocycles. The quantitative estimate of drug-likeness (QED) is 0.584. The SMILES string of the molecule is Cc1[nH]c2ccccc2c1C(=O)CN1CCN(S(=O)(=O)c2ccccc2C(F)(F)F)CC1. The summed E-state index contributed by atoms with van der Waals surface area (Å²) in [5, 5.41) is 0.833. The molecule has 1 aliphatic rings. The van der Waals surface area contributed by atoms with E-state index in [9.17, 15) is 26.4 Å². The number of H-pyrrole nitrogens is 1. The van der Waals surface area contributed by atoms with Crippen LogP contribution in [0, 0.1) is 6.92 Å². The number of Topliss-reactive ketones (excluding diaryl/α,β-unsaturated/α-hetero) is 1. The average Bonchev–Trinajstić information content (AvgIpc) is 3.09. The number of halogens is 3. The van der Waals surface area contributed by atoms with Crippen LogP contribution < -0.4 is 0 Å². The van der Waals surface area contributed by atoms with Crippen LogP contribution >= 0.6 is 0 Å². The lowest BCUT2D eigenvalue weighted by Crippen LogP contribution is -2.50. The largest absolute Gasteiger partial charge is 0.417 e. The highest BCUT2D eigenvalue weighted by atomic mass is 32.2. The van der Waals surface area contributed by atoms with Crippen LogP contribution in [0.25, 0.3) is 10.9 Å². The summed E-state index contributed by atoms with van der Waals surface area (Å²) in [6, 6.07) is 11.7. The minimum absolute atomic E-state index is 0.00860. The van der Waals surface area contributed by atoms with Crippen LogP contribution in [-0.2, 0) is 16.2 Å². The maximum absolute atomic E-state index is 13.3. The number of ketones is 1. The molecule has 170 valence electrons. The highest BCUT2D eigenvalue weighted by Crippen LogP contribution is 2.35. The number of piperazine rings is 1. The third-order valence-electron chi connectivity index (χ3n) is 5.68. The summed E-state index contributed by atoms with van der Waals surface area (Å²) in [6.07, 6.45) is -4.77. The molecule has 1 N–H and O–H groups in total. The standard InChI is InChI=1S/C22H22F3N3O3S/c1-15-21(16-6-2-4-8-18(16)26-15)19(29)14-27-10-12-28(13-11-27)32(30,31)20-9-5-3-7-17(20)22(23,24)25/h2-9,26H,10-14H2,1H3. The molecule has 0 amide bonds. The van der Waals surface area contributed by atoms with Gasteiger partial charge in [0.05, 0.1) is 17.0 Å². The van der Waals surface area contributed by atoms with Crippen LogP contribution in [0.1, 0.15) is 21.6 Å². The number of sulfonamides is 1. The Morgan fingerprint density at radius 3 is 2.31 bits per heavy atom. The number of carbonyl (C=O) groups is 1. The second-order valence-corrected chi connectivity index (χ2v) is 9.67. The van der Waals surface area contributed by atoms with Crippen molar-refractivity contribution >= 4 is 26.7 Å². The zero-order valence-corrected chi connectivity index (χ0v) is 18.1. The highest BCUT2D eigenvalue weighted by Gasteiger charge is 2.39. The molecule has 2 heterocycles. The third kappa shape index (κ3) is 4.17. The van der Waals surface area contributed by atoms with Crippen molar-refractivity contribution in [2.45, 2.75) is 18.0 Å². The smallest absolute Gasteiger partial charge is 0.358 e. The van der Waals surface area contributed by atoms with Gasteiger partial charge in [-0.15, -0.1) is 0 Å². The summed E-state index contributed by atoms with van der Waals surface area (Å²) < 4.78 is 66.7. The molecule has 1 aromatic heterocycles. The lowest BCUT2D eigenvalue weighted by Gasteiger charge is -2.34. The molecule has 32 heavy (non-hydrogen) atoms. The Morgan fingerprint density at radius 2 is 1.62 bits per heavy atom. The van der Waals surface area contributed by atoms with Gasteiger partial charge >= 0.3 is 6.18 Å². The summed E-state index contributed by atoms with van der Waals surface area (Å²) in [5.41, 5.74) is 1.07. The molecule has 0 atom stereocenters. The summed E-state index contributed by atoms with van der Waals surface area (Å²) >= 11 is 0. The Morgan fingerprint density at radius 1 is 1.00 bits per heavy atom. The number of para-hydroxylation sites is 1. The van der Waals surface area contributed by atoms with Crippen molar-refractivity contribution < 1.29 is 26.4 Å². The maximum Gasteiger partial charge on any atom is 0.417 e. The number of hydrogen-bond acceptors (Lipinski definition) is 4. The van der Waals surface area contributed by atoms with E-state index in [0.717, 1.165) is 39.1 Å². The number of nitrogens with zero attached hydrogens (tertiary/aromatic N) is 2. The van der Waals surface area contributed by atoms with Crippen LogP contribution in [0.5, 0.6) is 0 Å². The van der Waals surface area contributed by atoms with E-state index in [2.05, 4.69) is 4.98 Å². The first kappa shape index (κ1) is 22.5. The van der Waals surface area contributed by atoms with Gasteiger partial charge in [0.25, 0.3) is 0 Å². The molecule has 0 unspecified atom stereocenters. The van der Waals surface area contributed by atoms with E-state index in [0.29, 0.717) is 5.56 Å². The van der Waals surface area contributed by atoms with Crippen molar-refractivity contribution in [2.24, 2.45) is 0 Å². The van der Waals surface area contributed by atoms with E-state index in [1.165, 1.54) is 6.07 Å². The topological polar surface area (TPSA) is 73.5 Å². The number of carbonyl (C=O) groups excluding carboxylic acids is 1.